The van der Waals surface area contributed by atoms with Crippen molar-refractivity contribution in [2.75, 3.05) is 7.05 Å². The third-order valence-electron chi connectivity index (χ3n) is 2.75. The first-order valence-electron chi connectivity index (χ1n) is 5.34. The molecule has 5 heteroatoms. The summed E-state index contributed by atoms with van der Waals surface area (Å²) >= 11 is 3.44. The van der Waals surface area contributed by atoms with Gasteiger partial charge in [0.25, 0.3) is 0 Å². The molecule has 0 aliphatic carbocycles. The van der Waals surface area contributed by atoms with E-state index in [9.17, 15) is 0 Å². The van der Waals surface area contributed by atoms with Crippen LogP contribution in [0.15, 0.2) is 4.60 Å². The maximum absolute atomic E-state index is 4.02. The fourth-order valence-electron chi connectivity index (χ4n) is 1.98. The number of hydrogen-bond acceptors (Lipinski definition) is 3. The molecule has 0 radical (unpaired) electrons. The van der Waals surface area contributed by atoms with Crippen molar-refractivity contribution >= 4 is 15.9 Å². The average molecular weight is 275 g/mol. The highest BCUT2D eigenvalue weighted by atomic mass is 79.9. The lowest BCUT2D eigenvalue weighted by molar-refractivity contribution is 0.365. The molecule has 1 rings (SSSR count). The lowest BCUT2D eigenvalue weighted by Crippen LogP contribution is -2.26. The smallest absolute Gasteiger partial charge is 0.153 e. The van der Waals surface area contributed by atoms with E-state index in [4.69, 9.17) is 0 Å². The lowest BCUT2D eigenvalue weighted by atomic mass is 9.95. The van der Waals surface area contributed by atoms with Gasteiger partial charge >= 0.3 is 0 Å². The van der Waals surface area contributed by atoms with E-state index in [0.717, 1.165) is 10.3 Å². The molecule has 0 aliphatic heterocycles. The van der Waals surface area contributed by atoms with Crippen LogP contribution in [0.25, 0.3) is 0 Å². The van der Waals surface area contributed by atoms with Crippen molar-refractivity contribution in [1.29, 1.82) is 0 Å². The topological polar surface area (TPSA) is 42.7 Å². The molecule has 0 saturated carbocycles. The number of aryl methyl sites for hydroxylation is 1. The van der Waals surface area contributed by atoms with Crippen LogP contribution in [0.2, 0.25) is 0 Å². The van der Waals surface area contributed by atoms with Crippen LogP contribution in [0.5, 0.6) is 0 Å². The van der Waals surface area contributed by atoms with Crippen LogP contribution in [0.1, 0.15) is 38.4 Å². The molecule has 0 fully saturated rings. The zero-order valence-corrected chi connectivity index (χ0v) is 11.4. The van der Waals surface area contributed by atoms with Crippen LogP contribution in [0.3, 0.4) is 0 Å². The molecule has 1 aromatic rings. The van der Waals surface area contributed by atoms with E-state index in [-0.39, 0.29) is 0 Å². The summed E-state index contributed by atoms with van der Waals surface area (Å²) in [5.74, 6) is 0.577. The summed E-state index contributed by atoms with van der Waals surface area (Å²) in [5.41, 5.74) is 1.12. The van der Waals surface area contributed by atoms with Gasteiger partial charge in [-0.1, -0.05) is 25.5 Å². The minimum atomic E-state index is 0.305. The Morgan fingerprint density at radius 3 is 2.60 bits per heavy atom. The molecule has 0 aromatic carbocycles. The number of aromatic nitrogens is 3. The number of hydrogen-bond donors (Lipinski definition) is 1. The second-order valence-electron chi connectivity index (χ2n) is 3.92. The quantitative estimate of drug-likeness (QED) is 0.896. The molecule has 86 valence electrons. The third-order valence-corrected chi connectivity index (χ3v) is 3.31. The van der Waals surface area contributed by atoms with Crippen molar-refractivity contribution in [3.05, 3.63) is 10.3 Å². The minimum Gasteiger partial charge on any atom is -0.311 e. The summed E-state index contributed by atoms with van der Waals surface area (Å²) < 4.78 is 2.67. The molecule has 2 atom stereocenters. The van der Waals surface area contributed by atoms with E-state index in [1.54, 1.807) is 0 Å². The van der Waals surface area contributed by atoms with Gasteiger partial charge in [0, 0.05) is 7.05 Å². The molecular weight excluding hydrogens is 256 g/mol. The summed E-state index contributed by atoms with van der Waals surface area (Å²) in [6.07, 6.45) is 2.39. The molecule has 0 aliphatic rings. The highest BCUT2D eigenvalue weighted by molar-refractivity contribution is 9.10. The standard InChI is InChI=1S/C10H19BrN4/c1-5-6-7(2)8(12-3)9-10(11)13-14-15(9)4/h7-8,12H,5-6H2,1-4H3. The van der Waals surface area contributed by atoms with Crippen molar-refractivity contribution in [3.63, 3.8) is 0 Å². The summed E-state index contributed by atoms with van der Waals surface area (Å²) in [6, 6.07) is 0.305. The zero-order chi connectivity index (χ0) is 11.4. The molecule has 0 saturated heterocycles. The highest BCUT2D eigenvalue weighted by Gasteiger charge is 2.23. The molecule has 1 heterocycles. The Kier molecular flexibility index (Phi) is 4.73. The molecule has 1 N–H and O–H groups in total. The number of rotatable bonds is 5. The minimum absolute atomic E-state index is 0.305. The first-order valence-corrected chi connectivity index (χ1v) is 6.13. The van der Waals surface area contributed by atoms with Crippen LogP contribution in [-0.2, 0) is 7.05 Å². The Balaban J connectivity index is 2.91. The first-order chi connectivity index (χ1) is 7.11. The van der Waals surface area contributed by atoms with Crippen LogP contribution in [-0.4, -0.2) is 22.0 Å². The Hall–Kier alpha value is -0.420. The molecule has 15 heavy (non-hydrogen) atoms. The Bertz CT molecular complexity index is 291. The normalized spacial score (nSPS) is 15.3. The maximum atomic E-state index is 4.02. The first kappa shape index (κ1) is 12.6. The SMILES string of the molecule is CCCC(C)C(NC)c1c(Br)nnn1C. The summed E-state index contributed by atoms with van der Waals surface area (Å²) in [6.45, 7) is 4.46. The third kappa shape index (κ3) is 2.78. The van der Waals surface area contributed by atoms with Gasteiger partial charge in [0.1, 0.15) is 0 Å². The molecular formula is C10H19BrN4. The van der Waals surface area contributed by atoms with E-state index in [0.29, 0.717) is 12.0 Å². The van der Waals surface area contributed by atoms with Crippen LogP contribution in [0.4, 0.5) is 0 Å². The van der Waals surface area contributed by atoms with Crippen molar-refractivity contribution in [3.8, 4) is 0 Å². The number of nitrogens with zero attached hydrogens (tertiary/aromatic N) is 3. The molecule has 0 spiro atoms. The van der Waals surface area contributed by atoms with Crippen LogP contribution < -0.4 is 5.32 Å². The predicted octanol–water partition coefficient (Wildman–Crippen LogP) is 2.27. The van der Waals surface area contributed by atoms with E-state index < -0.39 is 0 Å². The van der Waals surface area contributed by atoms with Gasteiger partial charge in [-0.2, -0.15) is 0 Å². The highest BCUT2D eigenvalue weighted by Crippen LogP contribution is 2.28. The average Bonchev–Trinajstić information content (AvgIpc) is 2.51. The van der Waals surface area contributed by atoms with Crippen molar-refractivity contribution in [1.82, 2.24) is 20.3 Å². The second kappa shape index (κ2) is 5.61. The molecule has 0 bridgehead atoms. The van der Waals surface area contributed by atoms with Gasteiger partial charge < -0.3 is 5.32 Å². The van der Waals surface area contributed by atoms with E-state index in [1.807, 2.05) is 18.8 Å². The van der Waals surface area contributed by atoms with Gasteiger partial charge in [-0.05, 0) is 35.3 Å². The van der Waals surface area contributed by atoms with Crippen LogP contribution in [0, 0.1) is 5.92 Å². The molecule has 4 nitrogen and oxygen atoms in total. The van der Waals surface area contributed by atoms with Crippen LogP contribution >= 0.6 is 15.9 Å². The molecule has 1 aromatic heterocycles. The van der Waals surface area contributed by atoms with E-state index >= 15 is 0 Å². The van der Waals surface area contributed by atoms with Gasteiger partial charge in [0.05, 0.1) is 11.7 Å². The Morgan fingerprint density at radius 1 is 1.53 bits per heavy atom. The maximum Gasteiger partial charge on any atom is 0.153 e. The summed E-state index contributed by atoms with van der Waals surface area (Å²) in [4.78, 5) is 0. The largest absolute Gasteiger partial charge is 0.311 e. The summed E-state index contributed by atoms with van der Waals surface area (Å²) in [7, 11) is 3.91. The monoisotopic (exact) mass is 274 g/mol. The van der Waals surface area contributed by atoms with Gasteiger partial charge in [-0.15, -0.1) is 5.10 Å². The fraction of sp³-hybridized carbons (Fsp3) is 0.800. The zero-order valence-electron chi connectivity index (χ0n) is 9.79. The molecule has 0 amide bonds. The van der Waals surface area contributed by atoms with E-state index in [1.165, 1.54) is 12.8 Å². The van der Waals surface area contributed by atoms with Gasteiger partial charge in [-0.3, -0.25) is 0 Å². The van der Waals surface area contributed by atoms with Crippen molar-refractivity contribution in [2.24, 2.45) is 13.0 Å². The number of halogens is 1. The Labute approximate surface area is 99.6 Å². The predicted molar refractivity (Wildman–Crippen MR) is 64.6 cm³/mol. The fourth-order valence-corrected chi connectivity index (χ4v) is 2.56. The number of nitrogens with one attached hydrogen (secondary N) is 1. The second-order valence-corrected chi connectivity index (χ2v) is 4.67. The molecule has 2 unspecified atom stereocenters. The summed E-state index contributed by atoms with van der Waals surface area (Å²) in [5, 5.41) is 11.4. The van der Waals surface area contributed by atoms with Gasteiger partial charge in [0.15, 0.2) is 4.60 Å². The van der Waals surface area contributed by atoms with E-state index in [2.05, 4.69) is 45.4 Å². The van der Waals surface area contributed by atoms with Crippen molar-refractivity contribution < 1.29 is 0 Å². The Morgan fingerprint density at radius 2 is 2.20 bits per heavy atom. The van der Waals surface area contributed by atoms with Crippen molar-refractivity contribution in [2.45, 2.75) is 32.7 Å². The van der Waals surface area contributed by atoms with Gasteiger partial charge in [-0.25, -0.2) is 4.68 Å². The lowest BCUT2D eigenvalue weighted by Gasteiger charge is -2.23. The van der Waals surface area contributed by atoms with Gasteiger partial charge in [0.2, 0.25) is 0 Å².